The van der Waals surface area contributed by atoms with E-state index < -0.39 is 10.0 Å². The van der Waals surface area contributed by atoms with Crippen LogP contribution in [0.1, 0.15) is 5.56 Å². The van der Waals surface area contributed by atoms with Gasteiger partial charge in [-0.15, -0.1) is 0 Å². The maximum atomic E-state index is 12.9. The summed E-state index contributed by atoms with van der Waals surface area (Å²) in [7, 11) is -2.15. The van der Waals surface area contributed by atoms with Gasteiger partial charge in [0.1, 0.15) is 5.75 Å². The molecule has 6 heteroatoms. The summed E-state index contributed by atoms with van der Waals surface area (Å²) in [6, 6.07) is 13.7. The Morgan fingerprint density at radius 2 is 1.75 bits per heavy atom. The van der Waals surface area contributed by atoms with Gasteiger partial charge in [-0.05, 0) is 48.0 Å². The maximum absolute atomic E-state index is 12.9. The van der Waals surface area contributed by atoms with Crippen LogP contribution in [0.25, 0.3) is 0 Å². The van der Waals surface area contributed by atoms with E-state index in [1.807, 2.05) is 12.1 Å². The van der Waals surface area contributed by atoms with Crippen LogP contribution in [0, 0.1) is 0 Å². The van der Waals surface area contributed by atoms with Crippen LogP contribution < -0.4 is 4.74 Å². The topological polar surface area (TPSA) is 46.6 Å². The Kier molecular flexibility index (Phi) is 5.85. The quantitative estimate of drug-likeness (QED) is 0.640. The number of benzene rings is 2. The number of methoxy groups -OCH3 is 1. The fourth-order valence-corrected chi connectivity index (χ4v) is 3.77. The molecule has 0 atom stereocenters. The normalized spacial score (nSPS) is 10.9. The van der Waals surface area contributed by atoms with Gasteiger partial charge in [-0.3, -0.25) is 4.31 Å². The molecule has 0 bridgehead atoms. The number of sulfonamides is 1. The Hall–Kier alpha value is -2.05. The highest BCUT2D eigenvalue weighted by Gasteiger charge is 2.24. The second-order valence-electron chi connectivity index (χ2n) is 5.01. The molecule has 0 aromatic heterocycles. The standard InChI is InChI=1S/C18H18BrNO3S/c1-4-14(2)20(13-15-5-9-17(23-3)10-6-15)24(21,22)18-11-7-16(19)8-12-18/h4-12H,1-2,13H2,3H3. The van der Waals surface area contributed by atoms with E-state index in [4.69, 9.17) is 4.74 Å². The average Bonchev–Trinajstić information content (AvgIpc) is 2.59. The van der Waals surface area contributed by atoms with Crippen molar-refractivity contribution in [3.05, 3.63) is 83.5 Å². The minimum atomic E-state index is -3.73. The van der Waals surface area contributed by atoms with Crippen molar-refractivity contribution in [3.63, 3.8) is 0 Å². The van der Waals surface area contributed by atoms with Gasteiger partial charge in [0.05, 0.1) is 18.6 Å². The van der Waals surface area contributed by atoms with Crippen LogP contribution in [0.5, 0.6) is 5.75 Å². The van der Waals surface area contributed by atoms with E-state index in [1.54, 1.807) is 43.5 Å². The van der Waals surface area contributed by atoms with E-state index in [1.165, 1.54) is 10.4 Å². The summed E-state index contributed by atoms with van der Waals surface area (Å²) < 4.78 is 33.1. The zero-order valence-corrected chi connectivity index (χ0v) is 15.7. The first-order valence-corrected chi connectivity index (χ1v) is 9.34. The van der Waals surface area contributed by atoms with Crippen molar-refractivity contribution in [2.45, 2.75) is 11.4 Å². The Morgan fingerprint density at radius 3 is 2.25 bits per heavy atom. The van der Waals surface area contributed by atoms with Crippen LogP contribution in [0.2, 0.25) is 0 Å². The van der Waals surface area contributed by atoms with Crippen LogP contribution in [0.4, 0.5) is 0 Å². The van der Waals surface area contributed by atoms with Gasteiger partial charge in [-0.25, -0.2) is 8.42 Å². The fourth-order valence-electron chi connectivity index (χ4n) is 2.07. The summed E-state index contributed by atoms with van der Waals surface area (Å²) in [5, 5.41) is 0. The number of rotatable bonds is 7. The molecule has 0 fully saturated rings. The molecule has 0 spiro atoms. The molecule has 0 saturated carbocycles. The molecule has 24 heavy (non-hydrogen) atoms. The molecule has 0 unspecified atom stereocenters. The SMILES string of the molecule is C=CC(=C)N(Cc1ccc(OC)cc1)S(=O)(=O)c1ccc(Br)cc1. The highest BCUT2D eigenvalue weighted by molar-refractivity contribution is 9.10. The molecule has 0 aliphatic heterocycles. The summed E-state index contributed by atoms with van der Waals surface area (Å²) in [5.41, 5.74) is 1.13. The average molecular weight is 408 g/mol. The minimum Gasteiger partial charge on any atom is -0.497 e. The first kappa shape index (κ1) is 18.3. The monoisotopic (exact) mass is 407 g/mol. The van der Waals surface area contributed by atoms with Crippen LogP contribution in [-0.2, 0) is 16.6 Å². The van der Waals surface area contributed by atoms with E-state index in [0.717, 1.165) is 10.0 Å². The first-order chi connectivity index (χ1) is 11.4. The van der Waals surface area contributed by atoms with Crippen LogP contribution in [0.3, 0.4) is 0 Å². The summed E-state index contributed by atoms with van der Waals surface area (Å²) in [6.07, 6.45) is 1.43. The zero-order valence-electron chi connectivity index (χ0n) is 13.3. The number of halogens is 1. The van der Waals surface area contributed by atoms with Gasteiger partial charge >= 0.3 is 0 Å². The Balaban J connectivity index is 2.38. The third-order valence-electron chi connectivity index (χ3n) is 3.44. The molecule has 126 valence electrons. The van der Waals surface area contributed by atoms with Crippen molar-refractivity contribution in [2.75, 3.05) is 7.11 Å². The zero-order chi connectivity index (χ0) is 17.7. The minimum absolute atomic E-state index is 0.160. The lowest BCUT2D eigenvalue weighted by Gasteiger charge is -2.25. The summed E-state index contributed by atoms with van der Waals surface area (Å²) >= 11 is 3.31. The highest BCUT2D eigenvalue weighted by Crippen LogP contribution is 2.24. The summed E-state index contributed by atoms with van der Waals surface area (Å²) in [4.78, 5) is 0.196. The highest BCUT2D eigenvalue weighted by atomic mass is 79.9. The van der Waals surface area contributed by atoms with E-state index in [-0.39, 0.29) is 11.4 Å². The molecule has 0 radical (unpaired) electrons. The largest absolute Gasteiger partial charge is 0.497 e. The van der Waals surface area contributed by atoms with Gasteiger partial charge in [0.2, 0.25) is 0 Å². The third kappa shape index (κ3) is 4.07. The van der Waals surface area contributed by atoms with Gasteiger partial charge < -0.3 is 4.74 Å². The first-order valence-electron chi connectivity index (χ1n) is 7.11. The molecule has 0 amide bonds. The van der Waals surface area contributed by atoms with Crippen molar-refractivity contribution in [3.8, 4) is 5.75 Å². The smallest absolute Gasteiger partial charge is 0.264 e. The maximum Gasteiger partial charge on any atom is 0.264 e. The summed E-state index contributed by atoms with van der Waals surface area (Å²) in [6.45, 7) is 7.61. The molecule has 0 heterocycles. The molecule has 2 aromatic rings. The summed E-state index contributed by atoms with van der Waals surface area (Å²) in [5.74, 6) is 0.712. The van der Waals surface area contributed by atoms with E-state index >= 15 is 0 Å². The van der Waals surface area contributed by atoms with Crippen molar-refractivity contribution >= 4 is 26.0 Å². The lowest BCUT2D eigenvalue weighted by atomic mass is 10.2. The van der Waals surface area contributed by atoms with Crippen molar-refractivity contribution < 1.29 is 13.2 Å². The number of hydrogen-bond acceptors (Lipinski definition) is 3. The number of hydrogen-bond donors (Lipinski definition) is 0. The Labute approximate surface area is 151 Å². The van der Waals surface area contributed by atoms with Crippen LogP contribution in [0.15, 0.2) is 82.8 Å². The molecule has 0 aliphatic rings. The van der Waals surface area contributed by atoms with Crippen LogP contribution in [-0.4, -0.2) is 19.8 Å². The molecular formula is C18H18BrNO3S. The number of ether oxygens (including phenoxy) is 1. The van der Waals surface area contributed by atoms with Crippen LogP contribution >= 0.6 is 15.9 Å². The third-order valence-corrected chi connectivity index (χ3v) is 5.78. The number of nitrogens with zero attached hydrogens (tertiary/aromatic N) is 1. The van der Waals surface area contributed by atoms with Gasteiger partial charge in [0, 0.05) is 10.2 Å². The van der Waals surface area contributed by atoms with Gasteiger partial charge in [-0.1, -0.05) is 41.2 Å². The Bertz CT molecular complexity index is 828. The lowest BCUT2D eigenvalue weighted by Crippen LogP contribution is -2.29. The fraction of sp³-hybridized carbons (Fsp3) is 0.111. The lowest BCUT2D eigenvalue weighted by molar-refractivity contribution is 0.414. The molecule has 4 nitrogen and oxygen atoms in total. The van der Waals surface area contributed by atoms with E-state index in [9.17, 15) is 8.42 Å². The molecule has 0 aliphatic carbocycles. The second kappa shape index (κ2) is 7.68. The molecule has 0 saturated heterocycles. The van der Waals surface area contributed by atoms with Crippen molar-refractivity contribution in [1.29, 1.82) is 0 Å². The van der Waals surface area contributed by atoms with Crippen molar-refractivity contribution in [2.24, 2.45) is 0 Å². The van der Waals surface area contributed by atoms with E-state index in [0.29, 0.717) is 11.4 Å². The molecular weight excluding hydrogens is 390 g/mol. The molecule has 0 N–H and O–H groups in total. The predicted molar refractivity (Wildman–Crippen MR) is 99.2 cm³/mol. The predicted octanol–water partition coefficient (Wildman–Crippen LogP) is 4.35. The molecule has 2 rings (SSSR count). The van der Waals surface area contributed by atoms with Gasteiger partial charge in [0.15, 0.2) is 0 Å². The van der Waals surface area contributed by atoms with E-state index in [2.05, 4.69) is 29.1 Å². The van der Waals surface area contributed by atoms with Crippen molar-refractivity contribution in [1.82, 2.24) is 4.31 Å². The van der Waals surface area contributed by atoms with Gasteiger partial charge in [0.25, 0.3) is 10.0 Å². The Morgan fingerprint density at radius 1 is 1.17 bits per heavy atom. The second-order valence-corrected chi connectivity index (χ2v) is 7.79. The van der Waals surface area contributed by atoms with Gasteiger partial charge in [-0.2, -0.15) is 0 Å². The number of allylic oxidation sites excluding steroid dienone is 1. The molecule has 2 aromatic carbocycles.